The number of anilines is 3. The average Bonchev–Trinajstić information content (AvgIpc) is 3.26. The van der Waals surface area contributed by atoms with Crippen molar-refractivity contribution >= 4 is 34.3 Å². The summed E-state index contributed by atoms with van der Waals surface area (Å²) in [6.07, 6.45) is -8.12. The van der Waals surface area contributed by atoms with Gasteiger partial charge in [0.2, 0.25) is 5.95 Å². The molecule has 0 aliphatic carbocycles. The van der Waals surface area contributed by atoms with E-state index in [0.29, 0.717) is 17.6 Å². The first-order valence-electron chi connectivity index (χ1n) is 10.3. The normalized spacial score (nSPS) is 12.0. The largest absolute Gasteiger partial charge is 0.453 e. The molecule has 1 amide bonds. The van der Waals surface area contributed by atoms with Crippen molar-refractivity contribution in [1.82, 2.24) is 19.9 Å². The summed E-state index contributed by atoms with van der Waals surface area (Å²) in [5.74, 6) is -0.244. The number of alkyl halides is 6. The van der Waals surface area contributed by atoms with E-state index >= 15 is 0 Å². The maximum atomic E-state index is 13.9. The molecule has 0 unspecified atom stereocenters. The van der Waals surface area contributed by atoms with Gasteiger partial charge in [-0.15, -0.1) is 0 Å². The molecule has 0 bridgehead atoms. The smallest absolute Gasteiger partial charge is 0.420 e. The maximum Gasteiger partial charge on any atom is 0.420 e. The quantitative estimate of drug-likeness (QED) is 0.255. The minimum Gasteiger partial charge on any atom is -0.453 e. The van der Waals surface area contributed by atoms with Crippen LogP contribution in [0.4, 0.5) is 48.5 Å². The SMILES string of the molecule is COC(=O)Nc1ccc2c(-c3nc(Nc4ccnc(CN)c4)ncc3C(F)(F)F)c[nH]c2c1C(F)(F)F. The van der Waals surface area contributed by atoms with E-state index in [9.17, 15) is 31.1 Å². The maximum absolute atomic E-state index is 13.9. The van der Waals surface area contributed by atoms with Gasteiger partial charge in [0.1, 0.15) is 11.1 Å². The van der Waals surface area contributed by atoms with Gasteiger partial charge in [0.05, 0.1) is 29.7 Å². The number of hydrogen-bond donors (Lipinski definition) is 4. The first kappa shape index (κ1) is 25.7. The summed E-state index contributed by atoms with van der Waals surface area (Å²) in [5.41, 5.74) is 1.74. The number of carbonyl (C=O) groups excluding carboxylic acids is 1. The number of aromatic amines is 1. The number of fused-ring (bicyclic) bond motifs is 1. The van der Waals surface area contributed by atoms with Crippen LogP contribution in [0, 0.1) is 0 Å². The Labute approximate surface area is 204 Å². The van der Waals surface area contributed by atoms with Gasteiger partial charge in [-0.05, 0) is 18.2 Å². The summed E-state index contributed by atoms with van der Waals surface area (Å²) in [6, 6.07) is 5.10. The van der Waals surface area contributed by atoms with E-state index in [-0.39, 0.29) is 23.4 Å². The van der Waals surface area contributed by atoms with Crippen molar-refractivity contribution in [2.24, 2.45) is 5.73 Å². The lowest BCUT2D eigenvalue weighted by molar-refractivity contribution is -0.137. The van der Waals surface area contributed by atoms with E-state index in [1.165, 1.54) is 18.3 Å². The molecule has 194 valence electrons. The van der Waals surface area contributed by atoms with Gasteiger partial charge in [-0.3, -0.25) is 10.3 Å². The molecular weight excluding hydrogens is 508 g/mol. The lowest BCUT2D eigenvalue weighted by Crippen LogP contribution is -2.16. The first-order valence-corrected chi connectivity index (χ1v) is 10.3. The Bertz CT molecular complexity index is 1470. The molecule has 3 heterocycles. The molecule has 0 saturated heterocycles. The molecule has 1 aromatic carbocycles. The molecule has 15 heteroatoms. The molecule has 4 aromatic rings. The molecule has 5 N–H and O–H groups in total. The number of pyridine rings is 1. The highest BCUT2D eigenvalue weighted by atomic mass is 19.4. The number of nitrogens with two attached hydrogens (primary N) is 1. The summed E-state index contributed by atoms with van der Waals surface area (Å²) < 4.78 is 87.7. The number of nitrogens with zero attached hydrogens (tertiary/aromatic N) is 3. The minimum atomic E-state index is -4.98. The lowest BCUT2D eigenvalue weighted by atomic mass is 10.0. The molecule has 0 aliphatic rings. The standard InChI is InChI=1S/C22H17F6N7O2/c1-37-20(36)34-15-3-2-12-13(8-31-18(12)16(15)22(26,27)28)17-14(21(23,24)25)9-32-19(35-17)33-10-4-5-30-11(6-10)7-29/h2-6,8-9,31H,7,29H2,1H3,(H,34,36)(H,30,32,33,35). The topological polar surface area (TPSA) is 131 Å². The Hall–Kier alpha value is -4.40. The molecule has 0 atom stereocenters. The van der Waals surface area contributed by atoms with Crippen LogP contribution in [0.5, 0.6) is 0 Å². The monoisotopic (exact) mass is 525 g/mol. The number of hydrogen-bond acceptors (Lipinski definition) is 7. The summed E-state index contributed by atoms with van der Waals surface area (Å²) in [4.78, 5) is 25.6. The number of carbonyl (C=O) groups is 1. The second-order valence-corrected chi connectivity index (χ2v) is 7.55. The number of methoxy groups -OCH3 is 1. The summed E-state index contributed by atoms with van der Waals surface area (Å²) in [7, 11) is 0.968. The second-order valence-electron chi connectivity index (χ2n) is 7.55. The van der Waals surface area contributed by atoms with E-state index in [1.54, 1.807) is 0 Å². The van der Waals surface area contributed by atoms with E-state index in [2.05, 4.69) is 30.0 Å². The van der Waals surface area contributed by atoms with Gasteiger partial charge in [0.25, 0.3) is 0 Å². The predicted molar refractivity (Wildman–Crippen MR) is 121 cm³/mol. The lowest BCUT2D eigenvalue weighted by Gasteiger charge is -2.16. The van der Waals surface area contributed by atoms with Crippen LogP contribution < -0.4 is 16.4 Å². The van der Waals surface area contributed by atoms with Crippen LogP contribution in [0.3, 0.4) is 0 Å². The van der Waals surface area contributed by atoms with Crippen molar-refractivity contribution in [1.29, 1.82) is 0 Å². The molecule has 0 radical (unpaired) electrons. The van der Waals surface area contributed by atoms with E-state index < -0.39 is 46.5 Å². The van der Waals surface area contributed by atoms with Crippen LogP contribution in [-0.2, 0) is 23.6 Å². The Morgan fingerprint density at radius 3 is 2.51 bits per heavy atom. The molecule has 0 saturated carbocycles. The van der Waals surface area contributed by atoms with Crippen molar-refractivity contribution in [3.8, 4) is 11.3 Å². The van der Waals surface area contributed by atoms with Gasteiger partial charge >= 0.3 is 18.4 Å². The third kappa shape index (κ3) is 5.25. The molecule has 4 rings (SSSR count). The zero-order chi connectivity index (χ0) is 27.0. The molecule has 0 spiro atoms. The minimum absolute atomic E-state index is 0.109. The Balaban J connectivity index is 1.88. The second kappa shape index (κ2) is 9.57. The zero-order valence-electron chi connectivity index (χ0n) is 18.8. The van der Waals surface area contributed by atoms with Crippen LogP contribution in [0.15, 0.2) is 42.9 Å². The Morgan fingerprint density at radius 2 is 1.86 bits per heavy atom. The van der Waals surface area contributed by atoms with E-state index in [0.717, 1.165) is 25.4 Å². The van der Waals surface area contributed by atoms with E-state index in [1.807, 2.05) is 5.32 Å². The number of amides is 1. The van der Waals surface area contributed by atoms with Crippen molar-refractivity contribution in [2.45, 2.75) is 18.9 Å². The zero-order valence-corrected chi connectivity index (χ0v) is 18.8. The predicted octanol–water partition coefficient (Wildman–Crippen LogP) is 5.44. The fourth-order valence-electron chi connectivity index (χ4n) is 3.61. The van der Waals surface area contributed by atoms with Gasteiger partial charge in [0, 0.05) is 41.8 Å². The first-order chi connectivity index (χ1) is 17.4. The molecule has 3 aromatic heterocycles. The summed E-state index contributed by atoms with van der Waals surface area (Å²) >= 11 is 0. The van der Waals surface area contributed by atoms with Crippen molar-refractivity contribution in [3.63, 3.8) is 0 Å². The highest BCUT2D eigenvalue weighted by Crippen LogP contribution is 2.44. The van der Waals surface area contributed by atoms with Gasteiger partial charge in [-0.1, -0.05) is 6.07 Å². The van der Waals surface area contributed by atoms with Crippen molar-refractivity contribution in [2.75, 3.05) is 17.7 Å². The van der Waals surface area contributed by atoms with Crippen LogP contribution in [0.25, 0.3) is 22.2 Å². The summed E-state index contributed by atoms with van der Waals surface area (Å²) in [5, 5.41) is 4.49. The van der Waals surface area contributed by atoms with Crippen LogP contribution >= 0.6 is 0 Å². The van der Waals surface area contributed by atoms with Crippen molar-refractivity contribution < 1.29 is 35.9 Å². The number of aromatic nitrogens is 4. The van der Waals surface area contributed by atoms with Crippen molar-refractivity contribution in [3.05, 3.63) is 59.7 Å². The van der Waals surface area contributed by atoms with Crippen LogP contribution in [-0.4, -0.2) is 33.1 Å². The number of H-pyrrole nitrogens is 1. The van der Waals surface area contributed by atoms with Crippen LogP contribution in [0.2, 0.25) is 0 Å². The number of ether oxygens (including phenoxy) is 1. The highest BCUT2D eigenvalue weighted by Gasteiger charge is 2.39. The Morgan fingerprint density at radius 1 is 1.11 bits per heavy atom. The molecular formula is C22H17F6N7O2. The van der Waals surface area contributed by atoms with Gasteiger partial charge in [-0.2, -0.15) is 26.3 Å². The number of benzene rings is 1. The van der Waals surface area contributed by atoms with Crippen LogP contribution in [0.1, 0.15) is 16.8 Å². The number of rotatable bonds is 5. The molecule has 0 aliphatic heterocycles. The molecule has 37 heavy (non-hydrogen) atoms. The highest BCUT2D eigenvalue weighted by molar-refractivity contribution is 6.01. The van der Waals surface area contributed by atoms with Gasteiger partial charge < -0.3 is 20.8 Å². The molecule has 9 nitrogen and oxygen atoms in total. The Kier molecular flexibility index (Phi) is 6.64. The summed E-state index contributed by atoms with van der Waals surface area (Å²) in [6.45, 7) is 0.109. The van der Waals surface area contributed by atoms with Gasteiger partial charge in [-0.25, -0.2) is 14.8 Å². The fourth-order valence-corrected chi connectivity index (χ4v) is 3.61. The third-order valence-electron chi connectivity index (χ3n) is 5.19. The number of halogens is 6. The fraction of sp³-hybridized carbons (Fsp3) is 0.182. The molecule has 0 fully saturated rings. The number of nitrogens with one attached hydrogen (secondary N) is 3. The third-order valence-corrected chi connectivity index (χ3v) is 5.19. The van der Waals surface area contributed by atoms with Gasteiger partial charge in [0.15, 0.2) is 0 Å². The van der Waals surface area contributed by atoms with E-state index in [4.69, 9.17) is 5.73 Å². The average molecular weight is 525 g/mol.